The predicted molar refractivity (Wildman–Crippen MR) is 66.6 cm³/mol. The topological polar surface area (TPSA) is 66.3 Å². The summed E-state index contributed by atoms with van der Waals surface area (Å²) in [6.07, 6.45) is 7.30. The average Bonchev–Trinajstić information content (AvgIpc) is 2.52. The van der Waals surface area contributed by atoms with Crippen molar-refractivity contribution in [3.63, 3.8) is 0 Å². The van der Waals surface area contributed by atoms with Crippen LogP contribution in [0.4, 0.5) is 5.82 Å². The number of carboxylic acids is 1. The monoisotopic (exact) mass is 247 g/mol. The Morgan fingerprint density at radius 1 is 1.22 bits per heavy atom. The van der Waals surface area contributed by atoms with Crippen LogP contribution in [-0.2, 0) is 17.6 Å². The second kappa shape index (κ2) is 4.55. The lowest BCUT2D eigenvalue weighted by atomic mass is 9.98. The van der Waals surface area contributed by atoms with Crippen LogP contribution in [0, 0.1) is 5.92 Å². The average molecular weight is 247 g/mol. The smallest absolute Gasteiger partial charge is 0.310 e. The first-order valence-corrected chi connectivity index (χ1v) is 6.56. The van der Waals surface area contributed by atoms with Gasteiger partial charge in [-0.25, -0.2) is 9.97 Å². The van der Waals surface area contributed by atoms with E-state index in [4.69, 9.17) is 5.11 Å². The van der Waals surface area contributed by atoms with Crippen molar-refractivity contribution in [2.45, 2.75) is 32.1 Å². The lowest BCUT2D eigenvalue weighted by Gasteiger charge is -2.38. The number of carbonyl (C=O) groups is 1. The van der Waals surface area contributed by atoms with Crippen molar-refractivity contribution in [3.8, 4) is 0 Å². The molecule has 0 bridgehead atoms. The van der Waals surface area contributed by atoms with Crippen LogP contribution in [0.15, 0.2) is 6.33 Å². The van der Waals surface area contributed by atoms with E-state index in [0.29, 0.717) is 13.1 Å². The molecule has 18 heavy (non-hydrogen) atoms. The molecule has 2 heterocycles. The van der Waals surface area contributed by atoms with Crippen LogP contribution in [0.5, 0.6) is 0 Å². The van der Waals surface area contributed by atoms with Crippen molar-refractivity contribution in [3.05, 3.63) is 17.6 Å². The van der Waals surface area contributed by atoms with Crippen LogP contribution < -0.4 is 4.90 Å². The highest BCUT2D eigenvalue weighted by Crippen LogP contribution is 2.30. The van der Waals surface area contributed by atoms with Crippen molar-refractivity contribution in [1.82, 2.24) is 9.97 Å². The lowest BCUT2D eigenvalue weighted by Crippen LogP contribution is -2.51. The Bertz CT molecular complexity index is 469. The molecule has 0 amide bonds. The molecular formula is C13H17N3O2. The molecule has 2 aliphatic rings. The fourth-order valence-corrected chi connectivity index (χ4v) is 2.76. The first kappa shape index (κ1) is 11.4. The normalized spacial score (nSPS) is 19.9. The summed E-state index contributed by atoms with van der Waals surface area (Å²) in [6, 6.07) is 0. The third kappa shape index (κ3) is 1.94. The number of aliphatic carboxylic acids is 1. The zero-order chi connectivity index (χ0) is 12.5. The Hall–Kier alpha value is -1.65. The van der Waals surface area contributed by atoms with E-state index in [1.165, 1.54) is 24.8 Å². The number of anilines is 1. The van der Waals surface area contributed by atoms with Crippen LogP contribution in [0.3, 0.4) is 0 Å². The quantitative estimate of drug-likeness (QED) is 0.797. The minimum Gasteiger partial charge on any atom is -0.481 e. The molecule has 1 N–H and O–H groups in total. The Labute approximate surface area is 106 Å². The minimum absolute atomic E-state index is 0.235. The number of aryl methyl sites for hydroxylation is 1. The molecule has 0 radical (unpaired) electrons. The summed E-state index contributed by atoms with van der Waals surface area (Å²) >= 11 is 0. The standard InChI is InChI=1S/C13H17N3O2/c17-13(18)9-6-16(7-9)12-10-4-2-1-3-5-11(10)14-8-15-12/h8-9H,1-7H2,(H,17,18). The van der Waals surface area contributed by atoms with E-state index in [1.807, 2.05) is 0 Å². The van der Waals surface area contributed by atoms with Gasteiger partial charge in [-0.15, -0.1) is 0 Å². The van der Waals surface area contributed by atoms with E-state index in [-0.39, 0.29) is 5.92 Å². The van der Waals surface area contributed by atoms with Gasteiger partial charge in [-0.3, -0.25) is 4.79 Å². The molecule has 5 nitrogen and oxygen atoms in total. The highest BCUT2D eigenvalue weighted by molar-refractivity contribution is 5.74. The third-order valence-electron chi connectivity index (χ3n) is 3.88. The maximum Gasteiger partial charge on any atom is 0.310 e. The number of carboxylic acid groups (broad SMARTS) is 1. The van der Waals surface area contributed by atoms with Gasteiger partial charge in [-0.1, -0.05) is 6.42 Å². The number of rotatable bonds is 2. The van der Waals surface area contributed by atoms with E-state index < -0.39 is 5.97 Å². The first-order chi connectivity index (χ1) is 8.75. The SMILES string of the molecule is O=C(O)C1CN(c2ncnc3c2CCCCC3)C1. The molecule has 1 saturated heterocycles. The fraction of sp³-hybridized carbons (Fsp3) is 0.615. The molecule has 0 unspecified atom stereocenters. The molecule has 0 spiro atoms. The summed E-state index contributed by atoms with van der Waals surface area (Å²) in [7, 11) is 0. The molecule has 0 atom stereocenters. The van der Waals surface area contributed by atoms with E-state index in [9.17, 15) is 4.79 Å². The van der Waals surface area contributed by atoms with Crippen LogP contribution >= 0.6 is 0 Å². The van der Waals surface area contributed by atoms with Gasteiger partial charge in [0.05, 0.1) is 5.92 Å². The van der Waals surface area contributed by atoms with E-state index in [1.54, 1.807) is 6.33 Å². The van der Waals surface area contributed by atoms with Crippen molar-refractivity contribution in [2.75, 3.05) is 18.0 Å². The third-order valence-corrected chi connectivity index (χ3v) is 3.88. The molecule has 1 aromatic rings. The molecular weight excluding hydrogens is 230 g/mol. The van der Waals surface area contributed by atoms with Gasteiger partial charge in [-0.05, 0) is 25.7 Å². The molecule has 1 fully saturated rings. The van der Waals surface area contributed by atoms with E-state index >= 15 is 0 Å². The van der Waals surface area contributed by atoms with Crippen LogP contribution in [0.25, 0.3) is 0 Å². The predicted octanol–water partition coefficient (Wildman–Crippen LogP) is 1.27. The molecule has 0 aromatic carbocycles. The summed E-state index contributed by atoms with van der Waals surface area (Å²) in [5.41, 5.74) is 2.41. The Balaban J connectivity index is 1.83. The molecule has 5 heteroatoms. The van der Waals surface area contributed by atoms with Crippen LogP contribution in [0.2, 0.25) is 0 Å². The molecule has 96 valence electrons. The summed E-state index contributed by atoms with van der Waals surface area (Å²) in [5, 5.41) is 8.92. The van der Waals surface area contributed by atoms with Gasteiger partial charge in [0.15, 0.2) is 0 Å². The summed E-state index contributed by atoms with van der Waals surface area (Å²) in [5.74, 6) is 0.0344. The van der Waals surface area contributed by atoms with Gasteiger partial charge in [0.2, 0.25) is 0 Å². The van der Waals surface area contributed by atoms with Gasteiger partial charge in [0.1, 0.15) is 12.1 Å². The zero-order valence-corrected chi connectivity index (χ0v) is 10.3. The van der Waals surface area contributed by atoms with Crippen molar-refractivity contribution >= 4 is 11.8 Å². The largest absolute Gasteiger partial charge is 0.481 e. The van der Waals surface area contributed by atoms with Gasteiger partial charge in [-0.2, -0.15) is 0 Å². The summed E-state index contributed by atoms with van der Waals surface area (Å²) in [6.45, 7) is 1.16. The Morgan fingerprint density at radius 3 is 2.78 bits per heavy atom. The van der Waals surface area contributed by atoms with Crippen molar-refractivity contribution in [1.29, 1.82) is 0 Å². The highest BCUT2D eigenvalue weighted by Gasteiger charge is 2.34. The molecule has 1 aliphatic carbocycles. The van der Waals surface area contributed by atoms with Gasteiger partial charge < -0.3 is 10.0 Å². The number of hydrogen-bond donors (Lipinski definition) is 1. The molecule has 0 saturated carbocycles. The van der Waals surface area contributed by atoms with Crippen molar-refractivity contribution < 1.29 is 9.90 Å². The molecule has 1 aromatic heterocycles. The second-order valence-electron chi connectivity index (χ2n) is 5.12. The van der Waals surface area contributed by atoms with Gasteiger partial charge in [0.25, 0.3) is 0 Å². The van der Waals surface area contributed by atoms with Crippen molar-refractivity contribution in [2.24, 2.45) is 5.92 Å². The van der Waals surface area contributed by atoms with Gasteiger partial charge in [0, 0.05) is 24.3 Å². The molecule has 3 rings (SSSR count). The minimum atomic E-state index is -0.702. The van der Waals surface area contributed by atoms with Crippen LogP contribution in [-0.4, -0.2) is 34.1 Å². The number of fused-ring (bicyclic) bond motifs is 1. The Morgan fingerprint density at radius 2 is 2.00 bits per heavy atom. The van der Waals surface area contributed by atoms with E-state index in [0.717, 1.165) is 24.4 Å². The van der Waals surface area contributed by atoms with Crippen LogP contribution in [0.1, 0.15) is 30.5 Å². The maximum absolute atomic E-state index is 10.8. The number of aromatic nitrogens is 2. The first-order valence-electron chi connectivity index (χ1n) is 6.56. The summed E-state index contributed by atoms with van der Waals surface area (Å²) < 4.78 is 0. The zero-order valence-electron chi connectivity index (χ0n) is 10.3. The van der Waals surface area contributed by atoms with Gasteiger partial charge >= 0.3 is 5.97 Å². The Kier molecular flexibility index (Phi) is 2.89. The summed E-state index contributed by atoms with van der Waals surface area (Å²) in [4.78, 5) is 21.7. The number of nitrogens with zero attached hydrogens (tertiary/aromatic N) is 3. The molecule has 1 aliphatic heterocycles. The fourth-order valence-electron chi connectivity index (χ4n) is 2.76. The highest BCUT2D eigenvalue weighted by atomic mass is 16.4. The maximum atomic E-state index is 10.8. The number of hydrogen-bond acceptors (Lipinski definition) is 4. The second-order valence-corrected chi connectivity index (χ2v) is 5.12. The lowest BCUT2D eigenvalue weighted by molar-refractivity contribution is -0.142. The van der Waals surface area contributed by atoms with E-state index in [2.05, 4.69) is 14.9 Å².